The van der Waals surface area contributed by atoms with Gasteiger partial charge < -0.3 is 69.6 Å². The Hall–Kier alpha value is -6.66. The van der Waals surface area contributed by atoms with Gasteiger partial charge in [-0.2, -0.15) is 0 Å². The number of aliphatic hydroxyl groups is 1. The van der Waals surface area contributed by atoms with Crippen LogP contribution in [0.15, 0.2) is 85.1 Å². The van der Waals surface area contributed by atoms with Crippen molar-refractivity contribution in [1.29, 1.82) is 0 Å². The summed E-state index contributed by atoms with van der Waals surface area (Å²) in [5, 5.41) is 39.8. The lowest BCUT2D eigenvalue weighted by Crippen LogP contribution is -2.61. The number of nitrogens with two attached hydrogens (primary N) is 3. The number of phenols is 1. The smallest absolute Gasteiger partial charge is 0.244 e. The summed E-state index contributed by atoms with van der Waals surface area (Å²) in [4.78, 5) is 115. The Balaban J connectivity index is 1.57. The van der Waals surface area contributed by atoms with Crippen molar-refractivity contribution in [3.8, 4) is 5.75 Å². The number of benzene rings is 3. The van der Waals surface area contributed by atoms with Crippen molar-refractivity contribution in [2.45, 2.75) is 113 Å². The van der Waals surface area contributed by atoms with E-state index in [2.05, 4.69) is 42.2 Å². The third-order valence-corrected chi connectivity index (χ3v) is 14.3. The summed E-state index contributed by atoms with van der Waals surface area (Å²) in [6, 6.07) is 11.5. The molecule has 21 nitrogen and oxygen atoms in total. The number of carbonyl (C=O) groups is 8. The normalized spacial score (nSPS) is 22.2. The van der Waals surface area contributed by atoms with Gasteiger partial charge >= 0.3 is 0 Å². The zero-order chi connectivity index (χ0) is 52.3. The molecule has 3 aromatic carbocycles. The van der Waals surface area contributed by atoms with E-state index in [-0.39, 0.29) is 55.9 Å². The predicted octanol–water partition coefficient (Wildman–Crippen LogP) is -0.578. The first-order valence-electron chi connectivity index (χ1n) is 23.6. The molecule has 9 atom stereocenters. The summed E-state index contributed by atoms with van der Waals surface area (Å²) >= 11 is 0. The van der Waals surface area contributed by atoms with Gasteiger partial charge in [0.05, 0.1) is 12.1 Å². The first-order chi connectivity index (χ1) is 34.5. The molecule has 0 saturated carbocycles. The maximum absolute atomic E-state index is 14.7. The average Bonchev–Trinajstić information content (AvgIpc) is 3.77. The van der Waals surface area contributed by atoms with Crippen LogP contribution in [0, 0.1) is 0 Å². The van der Waals surface area contributed by atoms with Gasteiger partial charge in [-0.05, 0) is 80.5 Å². The monoisotopic (exact) mass is 1030 g/mol. The number of aromatic hydroxyl groups is 1. The molecule has 4 unspecified atom stereocenters. The number of unbranched alkanes of at least 4 members (excludes halogenated alkanes) is 1. The number of amides is 8. The maximum Gasteiger partial charge on any atom is 0.244 e. The third-order valence-electron chi connectivity index (χ3n) is 11.9. The highest BCUT2D eigenvalue weighted by Gasteiger charge is 2.35. The van der Waals surface area contributed by atoms with Crippen LogP contribution in [0.1, 0.15) is 56.2 Å². The number of phenolic OH excluding ortho intramolecular Hbond substituents is 1. The molecule has 1 aromatic heterocycles. The number of hydrogen-bond acceptors (Lipinski definition) is 14. The van der Waals surface area contributed by atoms with E-state index in [1.807, 2.05) is 30.3 Å². The lowest BCUT2D eigenvalue weighted by Gasteiger charge is -2.28. The second-order valence-electron chi connectivity index (χ2n) is 17.5. The molecule has 1 aliphatic rings. The van der Waals surface area contributed by atoms with Crippen LogP contribution >= 0.6 is 21.6 Å². The highest BCUT2D eigenvalue weighted by Crippen LogP contribution is 2.24. The molecule has 0 spiro atoms. The number of H-pyrrole nitrogens is 1. The molecule has 2 heterocycles. The van der Waals surface area contributed by atoms with Gasteiger partial charge in [-0.1, -0.05) is 89.2 Å². The van der Waals surface area contributed by atoms with Crippen molar-refractivity contribution < 1.29 is 48.6 Å². The summed E-state index contributed by atoms with van der Waals surface area (Å²) < 4.78 is 0. The molecule has 0 aliphatic carbocycles. The quantitative estimate of drug-likeness (QED) is 0.0465. The van der Waals surface area contributed by atoms with Gasteiger partial charge in [-0.25, -0.2) is 0 Å². The fourth-order valence-electron chi connectivity index (χ4n) is 7.80. The number of aromatic nitrogens is 1. The summed E-state index contributed by atoms with van der Waals surface area (Å²) in [7, 11) is 2.03. The van der Waals surface area contributed by atoms with Gasteiger partial charge in [-0.3, -0.25) is 38.4 Å². The molecule has 23 heteroatoms. The maximum atomic E-state index is 14.7. The minimum Gasteiger partial charge on any atom is -0.508 e. The van der Waals surface area contributed by atoms with E-state index < -0.39 is 102 Å². The van der Waals surface area contributed by atoms with Gasteiger partial charge in [0.2, 0.25) is 47.3 Å². The van der Waals surface area contributed by atoms with Gasteiger partial charge in [0, 0.05) is 41.4 Å². The molecule has 8 amide bonds. The molecule has 388 valence electrons. The number of primary amides is 1. The Labute approximate surface area is 424 Å². The highest BCUT2D eigenvalue weighted by atomic mass is 33.1. The van der Waals surface area contributed by atoms with E-state index in [0.717, 1.165) is 38.1 Å². The standard InChI is InChI=1S/C49H65N11O10S2/c1-3-34-44(65)59-40(49(70)60-41(27(2)61)42(52)63)26-72-71-25-39(58-43(64)33(51)21-28-11-5-4-6-12-28)48(69)56-37(22-29-16-18-31(62)19-17-29)46(67)57-38(23-30-24-53-35-14-8-7-13-32(30)35)47(68)55-36(45(66)54-34)15-9-10-20-50/h4-8,11-14,16-19,24,27,33-34,36-41,53,61-62H,3,9-10,15,20-23,25-26,50-51H2,1-2H3,(H2,52,63)(H,54,66)(H,55,68)(H,56,69)(H,57,67)(H,58,64)(H,59,65)(H,60,70)/t27-,33-,34?,36+,37+,38?,39?,40?,41+/m1/s1. The van der Waals surface area contributed by atoms with Crippen molar-refractivity contribution in [2.24, 2.45) is 17.2 Å². The number of rotatable bonds is 17. The van der Waals surface area contributed by atoms with E-state index in [1.54, 1.807) is 49.5 Å². The topological polar surface area (TPSA) is 355 Å². The molecule has 72 heavy (non-hydrogen) atoms. The van der Waals surface area contributed by atoms with Gasteiger partial charge in [0.25, 0.3) is 0 Å². The number of fused-ring (bicyclic) bond motifs is 1. The number of nitrogens with one attached hydrogen (secondary N) is 8. The Bertz CT molecular complexity index is 2500. The number of carbonyl (C=O) groups excluding carboxylic acids is 8. The van der Waals surface area contributed by atoms with Crippen molar-refractivity contribution >= 4 is 79.7 Å². The molecule has 1 aliphatic heterocycles. The van der Waals surface area contributed by atoms with Gasteiger partial charge in [0.1, 0.15) is 48.0 Å². The fourth-order valence-corrected chi connectivity index (χ4v) is 10.1. The Morgan fingerprint density at radius 1 is 0.736 bits per heavy atom. The fraction of sp³-hybridized carbons (Fsp3) is 0.429. The van der Waals surface area contributed by atoms with Crippen LogP contribution in [0.2, 0.25) is 0 Å². The van der Waals surface area contributed by atoms with Crippen molar-refractivity contribution in [3.63, 3.8) is 0 Å². The summed E-state index contributed by atoms with van der Waals surface area (Å²) in [6.07, 6.45) is 1.15. The van der Waals surface area contributed by atoms with E-state index >= 15 is 0 Å². The minimum atomic E-state index is -1.54. The number of aromatic amines is 1. The van der Waals surface area contributed by atoms with Gasteiger partial charge in [0.15, 0.2) is 0 Å². The average molecular weight is 1030 g/mol. The van der Waals surface area contributed by atoms with Gasteiger partial charge in [-0.15, -0.1) is 0 Å². The highest BCUT2D eigenvalue weighted by molar-refractivity contribution is 8.76. The molecule has 16 N–H and O–H groups in total. The van der Waals surface area contributed by atoms with Crippen LogP contribution in [-0.4, -0.2) is 135 Å². The summed E-state index contributed by atoms with van der Waals surface area (Å²) in [5.74, 6) is -7.01. The third kappa shape index (κ3) is 16.7. The van der Waals surface area contributed by atoms with E-state index in [1.165, 1.54) is 19.1 Å². The predicted molar refractivity (Wildman–Crippen MR) is 274 cm³/mol. The zero-order valence-corrected chi connectivity index (χ0v) is 41.7. The SMILES string of the molecule is CCC1NC(=O)[C@H](CCCCN)NC(=O)C(Cc2c[nH]c3ccccc23)NC(=O)[C@H](Cc2ccc(O)cc2)NC(=O)C(NC(=O)[C@H](N)Cc2ccccc2)CSSCC(C(=O)N[C@H](C(N)=O)[C@@H](C)O)NC1=O. The zero-order valence-electron chi connectivity index (χ0n) is 40.1. The van der Waals surface area contributed by atoms with Crippen molar-refractivity contribution in [3.05, 3.63) is 102 Å². The van der Waals surface area contributed by atoms with Crippen molar-refractivity contribution in [2.75, 3.05) is 18.1 Å². The van der Waals surface area contributed by atoms with Crippen LogP contribution < -0.4 is 54.4 Å². The van der Waals surface area contributed by atoms with E-state index in [0.29, 0.717) is 24.0 Å². The first kappa shape index (κ1) is 56.3. The van der Waals surface area contributed by atoms with Crippen LogP contribution in [0.4, 0.5) is 0 Å². The number of aliphatic hydroxyl groups excluding tert-OH is 1. The van der Waals surface area contributed by atoms with E-state index in [9.17, 15) is 48.6 Å². The Kier molecular flexibility index (Phi) is 21.7. The Morgan fingerprint density at radius 3 is 2.00 bits per heavy atom. The first-order valence-corrected chi connectivity index (χ1v) is 26.1. The molecule has 4 aromatic rings. The second-order valence-corrected chi connectivity index (χ2v) is 20.0. The molecular weight excluding hydrogens is 967 g/mol. The Morgan fingerprint density at radius 2 is 1.33 bits per heavy atom. The van der Waals surface area contributed by atoms with Crippen LogP contribution in [-0.2, 0) is 57.6 Å². The summed E-state index contributed by atoms with van der Waals surface area (Å²) in [6.45, 7) is 3.15. The number of hydrogen-bond donors (Lipinski definition) is 13. The lowest BCUT2D eigenvalue weighted by molar-refractivity contribution is -0.135. The second kappa shape index (κ2) is 27.8. The minimum absolute atomic E-state index is 0.0272. The lowest BCUT2D eigenvalue weighted by atomic mass is 10.0. The summed E-state index contributed by atoms with van der Waals surface area (Å²) in [5.41, 5.74) is 20.3. The molecule has 0 radical (unpaired) electrons. The number of para-hydroxylation sites is 1. The molecule has 1 fully saturated rings. The largest absolute Gasteiger partial charge is 0.508 e. The molecule has 0 bridgehead atoms. The van der Waals surface area contributed by atoms with Crippen LogP contribution in [0.5, 0.6) is 5.75 Å². The van der Waals surface area contributed by atoms with Crippen LogP contribution in [0.25, 0.3) is 10.9 Å². The van der Waals surface area contributed by atoms with E-state index in [4.69, 9.17) is 17.2 Å². The molecular formula is C49H65N11O10S2. The molecule has 5 rings (SSSR count). The van der Waals surface area contributed by atoms with Crippen LogP contribution in [0.3, 0.4) is 0 Å². The molecule has 1 saturated heterocycles. The van der Waals surface area contributed by atoms with Crippen molar-refractivity contribution in [1.82, 2.24) is 42.2 Å².